The van der Waals surface area contributed by atoms with Crippen molar-refractivity contribution in [2.24, 2.45) is 5.92 Å². The number of unbranched alkanes of at least 4 members (excludes halogenated alkanes) is 1. The Kier molecular flexibility index (Phi) is 5.88. The molecule has 1 aromatic carbocycles. The molecule has 0 aliphatic heterocycles. The molecule has 0 spiro atoms. The highest BCUT2D eigenvalue weighted by Crippen LogP contribution is 2.22. The first-order chi connectivity index (χ1) is 8.15. The molecule has 0 saturated carbocycles. The summed E-state index contributed by atoms with van der Waals surface area (Å²) >= 11 is 0. The van der Waals surface area contributed by atoms with E-state index >= 15 is 0 Å². The number of aromatic hydroxyl groups is 1. The van der Waals surface area contributed by atoms with Crippen LogP contribution in [0.2, 0.25) is 0 Å². The third-order valence-corrected chi connectivity index (χ3v) is 3.06. The van der Waals surface area contributed by atoms with E-state index in [1.54, 1.807) is 12.1 Å². The van der Waals surface area contributed by atoms with Crippen LogP contribution < -0.4 is 4.74 Å². The predicted octanol–water partition coefficient (Wildman–Crippen LogP) is 4.30. The fourth-order valence-corrected chi connectivity index (χ4v) is 1.92. The molecule has 0 aliphatic carbocycles. The summed E-state index contributed by atoms with van der Waals surface area (Å²) < 4.78 is 5.76. The van der Waals surface area contributed by atoms with Crippen molar-refractivity contribution in [2.45, 2.75) is 46.5 Å². The van der Waals surface area contributed by atoms with Gasteiger partial charge in [0, 0.05) is 6.07 Å². The molecular weight excluding hydrogens is 212 g/mol. The van der Waals surface area contributed by atoms with Gasteiger partial charge in [-0.25, -0.2) is 0 Å². The predicted molar refractivity (Wildman–Crippen MR) is 71.6 cm³/mol. The van der Waals surface area contributed by atoms with Gasteiger partial charge in [0.15, 0.2) is 0 Å². The first-order valence-corrected chi connectivity index (χ1v) is 6.59. The van der Waals surface area contributed by atoms with Crippen LogP contribution in [0.25, 0.3) is 0 Å². The zero-order chi connectivity index (χ0) is 12.7. The van der Waals surface area contributed by atoms with E-state index in [-0.39, 0.29) is 5.75 Å². The monoisotopic (exact) mass is 236 g/mol. The second kappa shape index (κ2) is 7.21. The van der Waals surface area contributed by atoms with Gasteiger partial charge in [0.05, 0.1) is 6.61 Å². The summed E-state index contributed by atoms with van der Waals surface area (Å²) in [7, 11) is 0. The van der Waals surface area contributed by atoms with Crippen molar-refractivity contribution in [1.82, 2.24) is 0 Å². The van der Waals surface area contributed by atoms with Crippen LogP contribution in [0.15, 0.2) is 18.2 Å². The van der Waals surface area contributed by atoms with E-state index in [0.717, 1.165) is 24.3 Å². The van der Waals surface area contributed by atoms with Crippen LogP contribution in [0.5, 0.6) is 11.5 Å². The molecule has 0 bridgehead atoms. The van der Waals surface area contributed by atoms with E-state index in [1.807, 2.05) is 13.0 Å². The van der Waals surface area contributed by atoms with Gasteiger partial charge in [-0.2, -0.15) is 0 Å². The zero-order valence-corrected chi connectivity index (χ0v) is 11.2. The molecule has 0 aromatic heterocycles. The Morgan fingerprint density at radius 3 is 2.59 bits per heavy atom. The maximum absolute atomic E-state index is 9.48. The molecule has 2 nitrogen and oxygen atoms in total. The quantitative estimate of drug-likeness (QED) is 0.765. The van der Waals surface area contributed by atoms with E-state index in [0.29, 0.717) is 5.92 Å². The second-order valence-electron chi connectivity index (χ2n) is 4.73. The molecule has 2 heteroatoms. The van der Waals surface area contributed by atoms with Gasteiger partial charge in [0.2, 0.25) is 0 Å². The van der Waals surface area contributed by atoms with Crippen molar-refractivity contribution in [3.63, 3.8) is 0 Å². The van der Waals surface area contributed by atoms with Gasteiger partial charge in [0.1, 0.15) is 11.5 Å². The van der Waals surface area contributed by atoms with Crippen molar-refractivity contribution >= 4 is 0 Å². The van der Waals surface area contributed by atoms with E-state index in [4.69, 9.17) is 4.74 Å². The normalized spacial score (nSPS) is 12.4. The van der Waals surface area contributed by atoms with Crippen LogP contribution in [0.3, 0.4) is 0 Å². The maximum atomic E-state index is 9.48. The topological polar surface area (TPSA) is 29.5 Å². The summed E-state index contributed by atoms with van der Waals surface area (Å²) in [4.78, 5) is 0. The minimum atomic E-state index is 0.279. The van der Waals surface area contributed by atoms with Gasteiger partial charge >= 0.3 is 0 Å². The first-order valence-electron chi connectivity index (χ1n) is 6.59. The molecule has 96 valence electrons. The first kappa shape index (κ1) is 13.9. The van der Waals surface area contributed by atoms with Gasteiger partial charge in [-0.15, -0.1) is 0 Å². The minimum absolute atomic E-state index is 0.279. The Labute approximate surface area is 105 Å². The lowest BCUT2D eigenvalue weighted by molar-refractivity contribution is 0.232. The Morgan fingerprint density at radius 2 is 2.00 bits per heavy atom. The van der Waals surface area contributed by atoms with Crippen LogP contribution in [0.4, 0.5) is 0 Å². The number of rotatable bonds is 7. The van der Waals surface area contributed by atoms with Crippen molar-refractivity contribution in [1.29, 1.82) is 0 Å². The molecule has 1 N–H and O–H groups in total. The average molecular weight is 236 g/mol. The highest BCUT2D eigenvalue weighted by Gasteiger charge is 2.07. The number of phenols is 1. The van der Waals surface area contributed by atoms with Gasteiger partial charge < -0.3 is 9.84 Å². The SMILES string of the molecule is CCCCC(CC)COc1cc(C)cc(O)c1. The summed E-state index contributed by atoms with van der Waals surface area (Å²) in [6.45, 7) is 7.13. The zero-order valence-electron chi connectivity index (χ0n) is 11.2. The highest BCUT2D eigenvalue weighted by molar-refractivity contribution is 5.36. The fraction of sp³-hybridized carbons (Fsp3) is 0.600. The van der Waals surface area contributed by atoms with E-state index in [1.165, 1.54) is 19.3 Å². The van der Waals surface area contributed by atoms with Crippen molar-refractivity contribution in [3.8, 4) is 11.5 Å². The molecule has 0 fully saturated rings. The number of benzene rings is 1. The Morgan fingerprint density at radius 1 is 1.24 bits per heavy atom. The lowest BCUT2D eigenvalue weighted by Crippen LogP contribution is -2.11. The summed E-state index contributed by atoms with van der Waals surface area (Å²) in [6.07, 6.45) is 4.88. The van der Waals surface area contributed by atoms with Crippen molar-refractivity contribution in [2.75, 3.05) is 6.61 Å². The molecule has 0 saturated heterocycles. The third kappa shape index (κ3) is 5.12. The van der Waals surface area contributed by atoms with E-state index in [9.17, 15) is 5.11 Å². The smallest absolute Gasteiger partial charge is 0.123 e. The number of hydrogen-bond donors (Lipinski definition) is 1. The van der Waals surface area contributed by atoms with Gasteiger partial charge in [-0.3, -0.25) is 0 Å². The summed E-state index contributed by atoms with van der Waals surface area (Å²) in [5.41, 5.74) is 1.03. The maximum Gasteiger partial charge on any atom is 0.123 e. The largest absolute Gasteiger partial charge is 0.508 e. The van der Waals surface area contributed by atoms with Crippen LogP contribution in [-0.2, 0) is 0 Å². The third-order valence-electron chi connectivity index (χ3n) is 3.06. The summed E-state index contributed by atoms with van der Waals surface area (Å²) in [5, 5.41) is 9.48. The van der Waals surface area contributed by atoms with Gasteiger partial charge in [-0.1, -0.05) is 33.1 Å². The number of hydrogen-bond acceptors (Lipinski definition) is 2. The molecule has 1 aromatic rings. The fourth-order valence-electron chi connectivity index (χ4n) is 1.92. The number of phenolic OH excluding ortho intramolecular Hbond substituents is 1. The molecule has 0 heterocycles. The Hall–Kier alpha value is -1.18. The molecule has 0 aliphatic rings. The number of ether oxygens (including phenoxy) is 1. The summed E-state index contributed by atoms with van der Waals surface area (Å²) in [5.74, 6) is 1.68. The number of aryl methyl sites for hydroxylation is 1. The molecule has 1 rings (SSSR count). The Bertz CT molecular complexity index is 313. The van der Waals surface area contributed by atoms with Gasteiger partial charge in [-0.05, 0) is 37.0 Å². The molecule has 0 radical (unpaired) electrons. The standard InChI is InChI=1S/C15H24O2/c1-4-6-7-13(5-2)11-17-15-9-12(3)8-14(16)10-15/h8-10,13,16H,4-7,11H2,1-3H3. The average Bonchev–Trinajstić information content (AvgIpc) is 2.28. The highest BCUT2D eigenvalue weighted by atomic mass is 16.5. The molecule has 17 heavy (non-hydrogen) atoms. The van der Waals surface area contributed by atoms with E-state index in [2.05, 4.69) is 13.8 Å². The van der Waals surface area contributed by atoms with Crippen molar-refractivity contribution < 1.29 is 9.84 Å². The molecular formula is C15H24O2. The van der Waals surface area contributed by atoms with Crippen LogP contribution >= 0.6 is 0 Å². The molecule has 1 unspecified atom stereocenters. The van der Waals surface area contributed by atoms with Crippen LogP contribution in [0.1, 0.15) is 45.1 Å². The lowest BCUT2D eigenvalue weighted by atomic mass is 10.0. The minimum Gasteiger partial charge on any atom is -0.508 e. The second-order valence-corrected chi connectivity index (χ2v) is 4.73. The molecule has 1 atom stereocenters. The van der Waals surface area contributed by atoms with E-state index < -0.39 is 0 Å². The van der Waals surface area contributed by atoms with Crippen LogP contribution in [0, 0.1) is 12.8 Å². The molecule has 0 amide bonds. The lowest BCUT2D eigenvalue weighted by Gasteiger charge is -2.16. The van der Waals surface area contributed by atoms with Gasteiger partial charge in [0.25, 0.3) is 0 Å². The Balaban J connectivity index is 2.47. The van der Waals surface area contributed by atoms with Crippen LogP contribution in [-0.4, -0.2) is 11.7 Å². The van der Waals surface area contributed by atoms with Crippen molar-refractivity contribution in [3.05, 3.63) is 23.8 Å². The summed E-state index contributed by atoms with van der Waals surface area (Å²) in [6, 6.07) is 5.38.